The second kappa shape index (κ2) is 7.64. The number of piperidine rings is 1. The van der Waals surface area contributed by atoms with Crippen molar-refractivity contribution in [3.05, 3.63) is 0 Å². The number of nitrogens with zero attached hydrogens (tertiary/aromatic N) is 1. The van der Waals surface area contributed by atoms with Gasteiger partial charge in [0.2, 0.25) is 0 Å². The summed E-state index contributed by atoms with van der Waals surface area (Å²) in [5.74, 6) is 1.10. The van der Waals surface area contributed by atoms with Gasteiger partial charge in [0.1, 0.15) is 0 Å². The van der Waals surface area contributed by atoms with Gasteiger partial charge in [-0.15, -0.1) is 0 Å². The first-order valence-corrected chi connectivity index (χ1v) is 9.06. The second-order valence-corrected chi connectivity index (χ2v) is 7.14. The first kappa shape index (κ1) is 16.1. The number of hydrogen-bond donors (Lipinski definition) is 2. The van der Waals surface area contributed by atoms with Gasteiger partial charge in [0, 0.05) is 32.3 Å². The molecule has 126 valence electrons. The lowest BCUT2D eigenvalue weighted by molar-refractivity contribution is 0.0369. The molecular formula is C17H30N2O3. The molecule has 5 nitrogen and oxygen atoms in total. The van der Waals surface area contributed by atoms with Gasteiger partial charge in [0.05, 0.1) is 6.10 Å². The van der Waals surface area contributed by atoms with Crippen molar-refractivity contribution in [3.8, 4) is 0 Å². The molecule has 0 radical (unpaired) electrons. The van der Waals surface area contributed by atoms with Crippen LogP contribution in [-0.4, -0.2) is 54.5 Å². The molecule has 0 unspecified atom stereocenters. The van der Waals surface area contributed by atoms with E-state index in [1.165, 1.54) is 12.8 Å². The molecular weight excluding hydrogens is 280 g/mol. The molecule has 5 heteroatoms. The Morgan fingerprint density at radius 3 is 2.64 bits per heavy atom. The summed E-state index contributed by atoms with van der Waals surface area (Å²) in [5.41, 5.74) is 0. The van der Waals surface area contributed by atoms with E-state index in [0.717, 1.165) is 58.2 Å². The Bertz CT molecular complexity index is 363. The van der Waals surface area contributed by atoms with Crippen LogP contribution in [0.4, 0.5) is 4.79 Å². The van der Waals surface area contributed by atoms with E-state index < -0.39 is 0 Å². The highest BCUT2D eigenvalue weighted by atomic mass is 16.5. The maximum absolute atomic E-state index is 12.5. The van der Waals surface area contributed by atoms with Crippen LogP contribution in [0.25, 0.3) is 0 Å². The molecule has 0 aromatic carbocycles. The minimum absolute atomic E-state index is 0.0978. The number of nitrogens with one attached hydrogen (secondary N) is 1. The Morgan fingerprint density at radius 1 is 1.14 bits per heavy atom. The molecule has 2 heterocycles. The maximum Gasteiger partial charge on any atom is 0.317 e. The first-order chi connectivity index (χ1) is 10.8. The van der Waals surface area contributed by atoms with Crippen molar-refractivity contribution in [2.24, 2.45) is 11.8 Å². The van der Waals surface area contributed by atoms with Gasteiger partial charge in [-0.3, -0.25) is 0 Å². The van der Waals surface area contributed by atoms with Gasteiger partial charge < -0.3 is 20.1 Å². The van der Waals surface area contributed by atoms with Gasteiger partial charge in [0.25, 0.3) is 0 Å². The number of carbonyl (C=O) groups is 1. The standard InChI is InChI=1S/C17H30N2O3/c20-11-8-13-3-1-4-15(13)18-17(21)19-9-6-14(7-10-19)16-5-2-12-22-16/h13-16,20H,1-12H2,(H,18,21)/t13-,15+,16+/m0/s1. The third-order valence-electron chi connectivity index (χ3n) is 5.79. The van der Waals surface area contributed by atoms with Crippen LogP contribution in [0.1, 0.15) is 51.4 Å². The summed E-state index contributed by atoms with van der Waals surface area (Å²) in [5, 5.41) is 12.3. The zero-order chi connectivity index (χ0) is 15.4. The lowest BCUT2D eigenvalue weighted by Crippen LogP contribution is -2.49. The Balaban J connectivity index is 1.43. The molecule has 0 aromatic heterocycles. The van der Waals surface area contributed by atoms with Crippen LogP contribution < -0.4 is 5.32 Å². The van der Waals surface area contributed by atoms with E-state index >= 15 is 0 Å². The van der Waals surface area contributed by atoms with Crippen LogP contribution >= 0.6 is 0 Å². The Kier molecular flexibility index (Phi) is 5.58. The summed E-state index contributed by atoms with van der Waals surface area (Å²) in [6.45, 7) is 2.85. The van der Waals surface area contributed by atoms with E-state index in [4.69, 9.17) is 9.84 Å². The zero-order valence-corrected chi connectivity index (χ0v) is 13.5. The number of aliphatic hydroxyl groups is 1. The second-order valence-electron chi connectivity index (χ2n) is 7.14. The average Bonchev–Trinajstić information content (AvgIpc) is 3.20. The van der Waals surface area contributed by atoms with E-state index in [-0.39, 0.29) is 18.7 Å². The molecule has 3 aliphatic rings. The quantitative estimate of drug-likeness (QED) is 0.836. The molecule has 0 spiro atoms. The minimum Gasteiger partial charge on any atom is -0.396 e. The monoisotopic (exact) mass is 310 g/mol. The Hall–Kier alpha value is -0.810. The van der Waals surface area contributed by atoms with Crippen LogP contribution in [0.15, 0.2) is 0 Å². The average molecular weight is 310 g/mol. The largest absolute Gasteiger partial charge is 0.396 e. The summed E-state index contributed by atoms with van der Waals surface area (Å²) in [6, 6.07) is 0.358. The van der Waals surface area contributed by atoms with Crippen molar-refractivity contribution in [1.29, 1.82) is 0 Å². The van der Waals surface area contributed by atoms with Crippen molar-refractivity contribution < 1.29 is 14.6 Å². The molecule has 22 heavy (non-hydrogen) atoms. The molecule has 3 atom stereocenters. The normalized spacial score (nSPS) is 33.3. The lowest BCUT2D eigenvalue weighted by atomic mass is 9.90. The van der Waals surface area contributed by atoms with E-state index in [0.29, 0.717) is 17.9 Å². The van der Waals surface area contributed by atoms with Gasteiger partial charge in [-0.05, 0) is 56.8 Å². The predicted octanol–water partition coefficient (Wildman–Crippen LogP) is 2.14. The number of ether oxygens (including phenoxy) is 1. The molecule has 3 fully saturated rings. The smallest absolute Gasteiger partial charge is 0.317 e. The Morgan fingerprint density at radius 2 is 1.95 bits per heavy atom. The van der Waals surface area contributed by atoms with Crippen molar-refractivity contribution in [3.63, 3.8) is 0 Å². The number of likely N-dealkylation sites (tertiary alicyclic amines) is 1. The van der Waals surface area contributed by atoms with E-state index in [1.54, 1.807) is 0 Å². The molecule has 1 saturated carbocycles. The molecule has 2 saturated heterocycles. The number of rotatable bonds is 4. The van der Waals surface area contributed by atoms with Crippen molar-refractivity contribution >= 4 is 6.03 Å². The fourth-order valence-corrected chi connectivity index (χ4v) is 4.44. The van der Waals surface area contributed by atoms with Crippen LogP contribution in [0, 0.1) is 11.8 Å². The number of urea groups is 1. The number of carbonyl (C=O) groups excluding carboxylic acids is 1. The van der Waals surface area contributed by atoms with E-state index in [1.807, 2.05) is 4.90 Å². The van der Waals surface area contributed by atoms with Gasteiger partial charge >= 0.3 is 6.03 Å². The molecule has 3 rings (SSSR count). The summed E-state index contributed by atoms with van der Waals surface area (Å²) in [6.07, 6.45) is 9.14. The molecule has 0 aromatic rings. The zero-order valence-electron chi connectivity index (χ0n) is 13.5. The van der Waals surface area contributed by atoms with Crippen molar-refractivity contribution in [1.82, 2.24) is 10.2 Å². The highest BCUT2D eigenvalue weighted by Crippen LogP contribution is 2.30. The van der Waals surface area contributed by atoms with E-state index in [2.05, 4.69) is 5.32 Å². The molecule has 0 bridgehead atoms. The summed E-state index contributed by atoms with van der Waals surface area (Å²) >= 11 is 0. The third-order valence-corrected chi connectivity index (χ3v) is 5.79. The lowest BCUT2D eigenvalue weighted by Gasteiger charge is -2.35. The van der Waals surface area contributed by atoms with Crippen molar-refractivity contribution in [2.75, 3.05) is 26.3 Å². The molecule has 1 aliphatic carbocycles. The fraction of sp³-hybridized carbons (Fsp3) is 0.941. The van der Waals surface area contributed by atoms with Gasteiger partial charge in [0.15, 0.2) is 0 Å². The van der Waals surface area contributed by atoms with Crippen LogP contribution in [0.5, 0.6) is 0 Å². The number of hydrogen-bond acceptors (Lipinski definition) is 3. The topological polar surface area (TPSA) is 61.8 Å². The van der Waals surface area contributed by atoms with Crippen LogP contribution in [0.3, 0.4) is 0 Å². The highest BCUT2D eigenvalue weighted by molar-refractivity contribution is 5.74. The predicted molar refractivity (Wildman–Crippen MR) is 84.6 cm³/mol. The van der Waals surface area contributed by atoms with Gasteiger partial charge in [-0.25, -0.2) is 4.79 Å². The minimum atomic E-state index is 0.0978. The van der Waals surface area contributed by atoms with E-state index in [9.17, 15) is 4.79 Å². The van der Waals surface area contributed by atoms with Crippen LogP contribution in [-0.2, 0) is 4.74 Å². The van der Waals surface area contributed by atoms with Crippen molar-refractivity contribution in [2.45, 2.75) is 63.5 Å². The highest BCUT2D eigenvalue weighted by Gasteiger charge is 2.33. The van der Waals surface area contributed by atoms with Gasteiger partial charge in [-0.1, -0.05) is 6.42 Å². The third kappa shape index (κ3) is 3.74. The first-order valence-electron chi connectivity index (χ1n) is 9.06. The maximum atomic E-state index is 12.5. The summed E-state index contributed by atoms with van der Waals surface area (Å²) < 4.78 is 5.79. The SMILES string of the molecule is O=C(N[C@@H]1CCC[C@H]1CCO)N1CCC([C@H]2CCCO2)CC1. The molecule has 2 N–H and O–H groups in total. The van der Waals surface area contributed by atoms with Crippen LogP contribution in [0.2, 0.25) is 0 Å². The number of aliphatic hydroxyl groups excluding tert-OH is 1. The fourth-order valence-electron chi connectivity index (χ4n) is 4.44. The van der Waals surface area contributed by atoms with Gasteiger partial charge in [-0.2, -0.15) is 0 Å². The molecule has 2 amide bonds. The molecule has 2 aliphatic heterocycles. The summed E-state index contributed by atoms with van der Waals surface area (Å²) in [7, 11) is 0. The Labute approximate surface area is 133 Å². The summed E-state index contributed by atoms with van der Waals surface area (Å²) in [4.78, 5) is 14.4. The number of amides is 2.